The highest BCUT2D eigenvalue weighted by molar-refractivity contribution is 7.98. The molecule has 1 aliphatic heterocycles. The van der Waals surface area contributed by atoms with Crippen LogP contribution in [0.25, 0.3) is 0 Å². The number of carbonyl (C=O) groups excluding carboxylic acids is 5. The van der Waals surface area contributed by atoms with Gasteiger partial charge in [0, 0.05) is 61.9 Å². The van der Waals surface area contributed by atoms with Crippen molar-refractivity contribution >= 4 is 53.1 Å². The first kappa shape index (κ1) is 38.3. The number of thioether (sulfide) groups is 2. The van der Waals surface area contributed by atoms with Gasteiger partial charge in [-0.25, -0.2) is 0 Å². The highest BCUT2D eigenvalue weighted by Gasteiger charge is 2.43. The minimum atomic E-state index is -1.21. The molecule has 0 spiro atoms. The molecule has 1 fully saturated rings. The zero-order valence-electron chi connectivity index (χ0n) is 26.9. The van der Waals surface area contributed by atoms with E-state index in [1.807, 2.05) is 45.9 Å². The Bertz CT molecular complexity index is 1150. The molecule has 1 aromatic heterocycles. The maximum atomic E-state index is 13.8. The van der Waals surface area contributed by atoms with Gasteiger partial charge in [0.15, 0.2) is 0 Å². The fourth-order valence-electron chi connectivity index (χ4n) is 4.79. The van der Waals surface area contributed by atoms with E-state index in [0.717, 1.165) is 11.4 Å². The average Bonchev–Trinajstić information content (AvgIpc) is 3.02. The summed E-state index contributed by atoms with van der Waals surface area (Å²) in [5, 5.41) is 8.60. The lowest BCUT2D eigenvalue weighted by Gasteiger charge is -2.38. The second-order valence-corrected chi connectivity index (χ2v) is 13.8. The molecule has 0 aromatic carbocycles. The van der Waals surface area contributed by atoms with Crippen molar-refractivity contribution in [2.75, 3.05) is 24.7 Å². The first-order valence-corrected chi connectivity index (χ1v) is 17.9. The van der Waals surface area contributed by atoms with E-state index in [1.54, 1.807) is 23.5 Å². The van der Waals surface area contributed by atoms with E-state index < -0.39 is 35.3 Å². The van der Waals surface area contributed by atoms with E-state index in [0.29, 0.717) is 55.5 Å². The highest BCUT2D eigenvalue weighted by atomic mass is 32.2. The molecule has 0 saturated carbocycles. The second kappa shape index (κ2) is 19.6. The molecule has 5 amide bonds. The average molecular weight is 667 g/mol. The van der Waals surface area contributed by atoms with Crippen molar-refractivity contribution in [3.05, 3.63) is 29.6 Å². The van der Waals surface area contributed by atoms with Crippen molar-refractivity contribution in [1.82, 2.24) is 20.9 Å². The van der Waals surface area contributed by atoms with Crippen molar-refractivity contribution in [2.24, 2.45) is 23.3 Å². The minimum Gasteiger partial charge on any atom is -0.381 e. The summed E-state index contributed by atoms with van der Waals surface area (Å²) >= 11 is 3.17. The zero-order chi connectivity index (χ0) is 33.4. The molecule has 1 saturated heterocycles. The van der Waals surface area contributed by atoms with Gasteiger partial charge in [-0.15, -0.1) is 0 Å². The molecule has 252 valence electrons. The largest absolute Gasteiger partial charge is 0.381 e. The Labute approximate surface area is 275 Å². The van der Waals surface area contributed by atoms with Crippen LogP contribution in [0, 0.1) is 11.8 Å². The summed E-state index contributed by atoms with van der Waals surface area (Å²) in [7, 11) is 0. The Hall–Kier alpha value is -2.84. The number of carbonyl (C=O) groups is 5. The smallest absolute Gasteiger partial charge is 0.246 e. The lowest BCUT2D eigenvalue weighted by Crippen LogP contribution is -2.65. The monoisotopic (exact) mass is 666 g/mol. The second-order valence-electron chi connectivity index (χ2n) is 11.5. The van der Waals surface area contributed by atoms with Crippen LogP contribution < -0.4 is 27.4 Å². The molecule has 12 nitrogen and oxygen atoms in total. The first-order valence-electron chi connectivity index (χ1n) is 15.6. The summed E-state index contributed by atoms with van der Waals surface area (Å²) < 4.78 is 5.50. The number of hydrogen-bond acceptors (Lipinski definition) is 9. The summed E-state index contributed by atoms with van der Waals surface area (Å²) in [5.41, 5.74) is 11.4. The SMILES string of the molecule is CC[C@H](C)[C@H](NC(=O)[C@@H](NC(=O)C1(NC(=O)CCSCc2cccc(CSCCC(N)=O)n2)CCOCC1)[C@@H](C)CC)C(N)=O. The molecule has 7 N–H and O–H groups in total. The Morgan fingerprint density at radius 2 is 1.44 bits per heavy atom. The number of ether oxygens (including phenoxy) is 1. The third-order valence-corrected chi connectivity index (χ3v) is 10.1. The molecule has 2 heterocycles. The van der Waals surface area contributed by atoms with E-state index in [4.69, 9.17) is 16.2 Å². The normalized spacial score (nSPS) is 16.9. The predicted molar refractivity (Wildman–Crippen MR) is 178 cm³/mol. The van der Waals surface area contributed by atoms with Gasteiger partial charge in [0.25, 0.3) is 0 Å². The molecular weight excluding hydrogens is 617 g/mol. The predicted octanol–water partition coefficient (Wildman–Crippen LogP) is 2.03. The van der Waals surface area contributed by atoms with E-state index in [9.17, 15) is 24.0 Å². The van der Waals surface area contributed by atoms with Crippen LogP contribution in [0.3, 0.4) is 0 Å². The van der Waals surface area contributed by atoms with Crippen LogP contribution in [-0.2, 0) is 40.2 Å². The lowest BCUT2D eigenvalue weighted by molar-refractivity contribution is -0.140. The van der Waals surface area contributed by atoms with E-state index in [2.05, 4.69) is 20.9 Å². The van der Waals surface area contributed by atoms with Crippen molar-refractivity contribution in [2.45, 2.75) is 95.3 Å². The number of primary amides is 2. The van der Waals surface area contributed by atoms with Gasteiger partial charge >= 0.3 is 0 Å². The number of pyridine rings is 1. The summed E-state index contributed by atoms with van der Waals surface area (Å²) in [6.07, 6.45) is 2.34. The molecule has 4 atom stereocenters. The van der Waals surface area contributed by atoms with Gasteiger partial charge in [0.2, 0.25) is 29.5 Å². The van der Waals surface area contributed by atoms with Gasteiger partial charge in [0.1, 0.15) is 17.6 Å². The van der Waals surface area contributed by atoms with Crippen molar-refractivity contribution < 1.29 is 28.7 Å². The van der Waals surface area contributed by atoms with Crippen LogP contribution >= 0.6 is 23.5 Å². The number of nitrogens with two attached hydrogens (primary N) is 2. The van der Waals surface area contributed by atoms with Crippen LogP contribution in [0.5, 0.6) is 0 Å². The fraction of sp³-hybridized carbons (Fsp3) is 0.677. The Kier molecular flexibility index (Phi) is 16.7. The molecule has 45 heavy (non-hydrogen) atoms. The zero-order valence-corrected chi connectivity index (χ0v) is 28.5. The van der Waals surface area contributed by atoms with Gasteiger partial charge in [0.05, 0.1) is 11.4 Å². The number of nitrogens with one attached hydrogen (secondary N) is 3. The summed E-state index contributed by atoms with van der Waals surface area (Å²) in [6, 6.07) is 4.05. The molecular formula is C31H50N6O6S2. The maximum absolute atomic E-state index is 13.8. The lowest BCUT2D eigenvalue weighted by atomic mass is 9.87. The van der Waals surface area contributed by atoms with E-state index >= 15 is 0 Å². The molecule has 0 radical (unpaired) electrons. The molecule has 1 aliphatic rings. The Morgan fingerprint density at radius 3 is 1.98 bits per heavy atom. The van der Waals surface area contributed by atoms with Crippen LogP contribution in [-0.4, -0.2) is 76.9 Å². The Balaban J connectivity index is 1.98. The molecule has 2 rings (SSSR count). The topological polar surface area (TPSA) is 196 Å². The number of aromatic nitrogens is 1. The first-order chi connectivity index (χ1) is 21.4. The molecule has 14 heteroatoms. The van der Waals surface area contributed by atoms with Gasteiger partial charge in [-0.1, -0.05) is 46.6 Å². The molecule has 0 aliphatic carbocycles. The van der Waals surface area contributed by atoms with Crippen molar-refractivity contribution in [3.63, 3.8) is 0 Å². The molecule has 0 unspecified atom stereocenters. The van der Waals surface area contributed by atoms with Crippen molar-refractivity contribution in [1.29, 1.82) is 0 Å². The summed E-state index contributed by atoms with van der Waals surface area (Å²) in [5.74, 6) is -0.0390. The van der Waals surface area contributed by atoms with Gasteiger partial charge in [-0.2, -0.15) is 23.5 Å². The summed E-state index contributed by atoms with van der Waals surface area (Å²) in [4.78, 5) is 67.8. The third kappa shape index (κ3) is 12.8. The quantitative estimate of drug-likeness (QED) is 0.129. The van der Waals surface area contributed by atoms with Gasteiger partial charge < -0.3 is 32.2 Å². The standard InChI is InChI=1S/C31H50N6O6S2/c1-5-20(3)26(28(33)40)35-29(41)27(21(4)6-2)36-30(42)31(12-14-43-15-13-31)37-25(39)11-17-45-19-23-9-7-8-22(34-23)18-44-16-10-24(32)38/h7-9,20-21,26-27H,5-6,10-19H2,1-4H3,(H2,32,38)(H2,33,40)(H,35,41)(H,36,42)(H,37,39)/t20-,21-,26-,27-/m0/s1. The third-order valence-electron chi connectivity index (χ3n) is 8.09. The summed E-state index contributed by atoms with van der Waals surface area (Å²) in [6.45, 7) is 8.10. The van der Waals surface area contributed by atoms with Crippen LogP contribution in [0.4, 0.5) is 0 Å². The van der Waals surface area contributed by atoms with E-state index in [-0.39, 0.29) is 42.9 Å². The number of nitrogens with zero attached hydrogens (tertiary/aromatic N) is 1. The van der Waals surface area contributed by atoms with Crippen LogP contribution in [0.2, 0.25) is 0 Å². The maximum Gasteiger partial charge on any atom is 0.246 e. The number of rotatable bonds is 20. The number of hydrogen-bond donors (Lipinski definition) is 5. The number of amides is 5. The van der Waals surface area contributed by atoms with Crippen LogP contribution in [0.1, 0.15) is 77.6 Å². The highest BCUT2D eigenvalue weighted by Crippen LogP contribution is 2.23. The van der Waals surface area contributed by atoms with Gasteiger partial charge in [-0.05, 0) is 24.0 Å². The Morgan fingerprint density at radius 1 is 0.889 bits per heavy atom. The molecule has 0 bridgehead atoms. The molecule has 1 aromatic rings. The fourth-order valence-corrected chi connectivity index (χ4v) is 6.50. The van der Waals surface area contributed by atoms with Crippen molar-refractivity contribution in [3.8, 4) is 0 Å². The van der Waals surface area contributed by atoms with Crippen LogP contribution in [0.15, 0.2) is 18.2 Å². The minimum absolute atomic E-state index is 0.169. The van der Waals surface area contributed by atoms with E-state index in [1.165, 1.54) is 0 Å². The van der Waals surface area contributed by atoms with Gasteiger partial charge in [-0.3, -0.25) is 29.0 Å².